The first-order valence-corrected chi connectivity index (χ1v) is 7.73. The quantitative estimate of drug-likeness (QED) is 0.683. The topological polar surface area (TPSA) is 12.0 Å². The average Bonchev–Trinajstić information content (AvgIpc) is 2.67. The highest BCUT2D eigenvalue weighted by molar-refractivity contribution is 4.96. The Morgan fingerprint density at radius 2 is 1.71 bits per heavy atom. The van der Waals surface area contributed by atoms with E-state index in [9.17, 15) is 0 Å². The van der Waals surface area contributed by atoms with E-state index in [2.05, 4.69) is 40.1 Å². The Kier molecular flexibility index (Phi) is 5.99. The molecule has 1 nitrogen and oxygen atoms in total. The van der Waals surface area contributed by atoms with Crippen LogP contribution in [0.3, 0.4) is 0 Å². The molecule has 0 aromatic heterocycles. The maximum absolute atomic E-state index is 3.67. The van der Waals surface area contributed by atoms with Gasteiger partial charge in [0.15, 0.2) is 0 Å². The molecule has 0 heterocycles. The van der Waals surface area contributed by atoms with Crippen LogP contribution in [-0.2, 0) is 0 Å². The highest BCUT2D eigenvalue weighted by Crippen LogP contribution is 2.48. The van der Waals surface area contributed by atoms with E-state index in [0.29, 0.717) is 5.41 Å². The first-order chi connectivity index (χ1) is 8.05. The summed E-state index contributed by atoms with van der Waals surface area (Å²) >= 11 is 0. The summed E-state index contributed by atoms with van der Waals surface area (Å²) in [6.45, 7) is 9.53. The number of hydrogen-bond donors (Lipinski definition) is 1. The van der Waals surface area contributed by atoms with Crippen LogP contribution in [-0.4, -0.2) is 13.1 Å². The Labute approximate surface area is 109 Å². The Morgan fingerprint density at radius 3 is 2.12 bits per heavy atom. The fraction of sp³-hybridized carbons (Fsp3) is 1.00. The standard InChI is InChI=1S/C16H33N/c1-6-9-14(4)15(17-5)16(12-13(2)3)10-7-8-11-16/h13-15,17H,6-12H2,1-5H3. The molecule has 1 rings (SSSR count). The van der Waals surface area contributed by atoms with E-state index in [1.54, 1.807) is 0 Å². The predicted octanol–water partition coefficient (Wildman–Crippen LogP) is 4.62. The van der Waals surface area contributed by atoms with E-state index in [-0.39, 0.29) is 0 Å². The molecule has 1 aliphatic rings. The molecule has 0 radical (unpaired) electrons. The SMILES string of the molecule is CCCC(C)C(NC)C1(CC(C)C)CCCC1. The molecule has 1 N–H and O–H groups in total. The van der Waals surface area contributed by atoms with Gasteiger partial charge in [-0.25, -0.2) is 0 Å². The highest BCUT2D eigenvalue weighted by Gasteiger charge is 2.42. The van der Waals surface area contributed by atoms with Crippen molar-refractivity contribution in [1.29, 1.82) is 0 Å². The Hall–Kier alpha value is -0.0400. The molecule has 0 aromatic rings. The maximum atomic E-state index is 3.67. The third-order valence-corrected chi connectivity index (χ3v) is 4.70. The van der Waals surface area contributed by atoms with Crippen molar-refractivity contribution in [3.8, 4) is 0 Å². The van der Waals surface area contributed by atoms with Crippen molar-refractivity contribution in [3.63, 3.8) is 0 Å². The van der Waals surface area contributed by atoms with Crippen molar-refractivity contribution in [3.05, 3.63) is 0 Å². The second-order valence-corrected chi connectivity index (χ2v) is 6.70. The molecule has 102 valence electrons. The van der Waals surface area contributed by atoms with Crippen molar-refractivity contribution in [1.82, 2.24) is 5.32 Å². The van der Waals surface area contributed by atoms with Gasteiger partial charge in [0, 0.05) is 6.04 Å². The maximum Gasteiger partial charge on any atom is 0.0146 e. The Morgan fingerprint density at radius 1 is 1.12 bits per heavy atom. The van der Waals surface area contributed by atoms with Gasteiger partial charge >= 0.3 is 0 Å². The minimum absolute atomic E-state index is 0.595. The summed E-state index contributed by atoms with van der Waals surface area (Å²) in [7, 11) is 2.18. The van der Waals surface area contributed by atoms with Crippen molar-refractivity contribution in [2.45, 2.75) is 78.7 Å². The molecule has 2 atom stereocenters. The molecule has 1 fully saturated rings. The lowest BCUT2D eigenvalue weighted by Gasteiger charge is -2.42. The van der Waals surface area contributed by atoms with E-state index in [0.717, 1.165) is 17.9 Å². The van der Waals surface area contributed by atoms with Crippen LogP contribution in [0.15, 0.2) is 0 Å². The van der Waals surface area contributed by atoms with Crippen LogP contribution in [0.4, 0.5) is 0 Å². The molecule has 1 aliphatic carbocycles. The molecule has 2 unspecified atom stereocenters. The monoisotopic (exact) mass is 239 g/mol. The number of nitrogens with one attached hydrogen (secondary N) is 1. The fourth-order valence-corrected chi connectivity index (χ4v) is 4.35. The molecule has 0 amide bonds. The smallest absolute Gasteiger partial charge is 0.0146 e. The van der Waals surface area contributed by atoms with Crippen LogP contribution in [0.1, 0.15) is 72.6 Å². The molecule has 0 aromatic carbocycles. The molecule has 0 saturated heterocycles. The van der Waals surface area contributed by atoms with E-state index in [1.165, 1.54) is 44.9 Å². The summed E-state index contributed by atoms with van der Waals surface area (Å²) in [6, 6.07) is 0.729. The lowest BCUT2D eigenvalue weighted by Crippen LogP contribution is -2.47. The molecule has 1 saturated carbocycles. The highest BCUT2D eigenvalue weighted by atomic mass is 14.9. The van der Waals surface area contributed by atoms with Crippen LogP contribution in [0.2, 0.25) is 0 Å². The van der Waals surface area contributed by atoms with Crippen LogP contribution < -0.4 is 5.32 Å². The third kappa shape index (κ3) is 3.71. The summed E-state index contributed by atoms with van der Waals surface area (Å²) in [5.41, 5.74) is 0.595. The summed E-state index contributed by atoms with van der Waals surface area (Å²) in [5, 5.41) is 3.67. The number of rotatable bonds is 7. The van der Waals surface area contributed by atoms with Crippen molar-refractivity contribution < 1.29 is 0 Å². The van der Waals surface area contributed by atoms with Crippen LogP contribution in [0, 0.1) is 17.3 Å². The summed E-state index contributed by atoms with van der Waals surface area (Å²) in [5.74, 6) is 1.65. The zero-order chi connectivity index (χ0) is 12.9. The second-order valence-electron chi connectivity index (χ2n) is 6.70. The number of hydrogen-bond acceptors (Lipinski definition) is 1. The normalized spacial score (nSPS) is 22.9. The first-order valence-electron chi connectivity index (χ1n) is 7.73. The van der Waals surface area contributed by atoms with E-state index in [1.807, 2.05) is 0 Å². The lowest BCUT2D eigenvalue weighted by molar-refractivity contribution is 0.117. The minimum Gasteiger partial charge on any atom is -0.316 e. The van der Waals surface area contributed by atoms with Gasteiger partial charge in [-0.2, -0.15) is 0 Å². The molecule has 17 heavy (non-hydrogen) atoms. The molecular formula is C16H33N. The van der Waals surface area contributed by atoms with Gasteiger partial charge in [0.25, 0.3) is 0 Å². The zero-order valence-electron chi connectivity index (χ0n) is 12.7. The molecule has 0 aliphatic heterocycles. The largest absolute Gasteiger partial charge is 0.316 e. The third-order valence-electron chi connectivity index (χ3n) is 4.70. The summed E-state index contributed by atoms with van der Waals surface area (Å²) in [4.78, 5) is 0. The first kappa shape index (κ1) is 15.0. The predicted molar refractivity (Wildman–Crippen MR) is 77.3 cm³/mol. The van der Waals surface area contributed by atoms with Gasteiger partial charge in [0.2, 0.25) is 0 Å². The second kappa shape index (κ2) is 6.78. The fourth-order valence-electron chi connectivity index (χ4n) is 4.35. The van der Waals surface area contributed by atoms with Crippen molar-refractivity contribution in [2.75, 3.05) is 7.05 Å². The van der Waals surface area contributed by atoms with Gasteiger partial charge < -0.3 is 5.32 Å². The van der Waals surface area contributed by atoms with Crippen molar-refractivity contribution >= 4 is 0 Å². The van der Waals surface area contributed by atoms with Gasteiger partial charge in [0.05, 0.1) is 0 Å². The Bertz CT molecular complexity index is 204. The van der Waals surface area contributed by atoms with Crippen LogP contribution >= 0.6 is 0 Å². The minimum atomic E-state index is 0.595. The average molecular weight is 239 g/mol. The van der Waals surface area contributed by atoms with Gasteiger partial charge in [-0.1, -0.05) is 47.0 Å². The lowest BCUT2D eigenvalue weighted by atomic mass is 9.68. The Balaban J connectivity index is 2.78. The van der Waals surface area contributed by atoms with E-state index >= 15 is 0 Å². The van der Waals surface area contributed by atoms with E-state index < -0.39 is 0 Å². The molecular weight excluding hydrogens is 206 g/mol. The summed E-state index contributed by atoms with van der Waals surface area (Å²) in [6.07, 6.45) is 9.89. The van der Waals surface area contributed by atoms with Crippen LogP contribution in [0.25, 0.3) is 0 Å². The van der Waals surface area contributed by atoms with E-state index in [4.69, 9.17) is 0 Å². The molecule has 1 heteroatoms. The molecule has 0 bridgehead atoms. The van der Waals surface area contributed by atoms with Gasteiger partial charge in [-0.3, -0.25) is 0 Å². The van der Waals surface area contributed by atoms with Gasteiger partial charge in [0.1, 0.15) is 0 Å². The van der Waals surface area contributed by atoms with Crippen molar-refractivity contribution in [2.24, 2.45) is 17.3 Å². The van der Waals surface area contributed by atoms with Gasteiger partial charge in [-0.05, 0) is 50.0 Å². The summed E-state index contributed by atoms with van der Waals surface area (Å²) < 4.78 is 0. The van der Waals surface area contributed by atoms with Crippen LogP contribution in [0.5, 0.6) is 0 Å². The van der Waals surface area contributed by atoms with Gasteiger partial charge in [-0.15, -0.1) is 0 Å². The molecule has 0 spiro atoms. The zero-order valence-corrected chi connectivity index (χ0v) is 12.7.